The highest BCUT2D eigenvalue weighted by Gasteiger charge is 2.55. The van der Waals surface area contributed by atoms with Gasteiger partial charge in [-0.1, -0.05) is 96.2 Å². The molecule has 12 heteroatoms. The van der Waals surface area contributed by atoms with E-state index in [2.05, 4.69) is 20.5 Å². The van der Waals surface area contributed by atoms with E-state index in [0.717, 1.165) is 16.7 Å². The molecule has 2 atom stereocenters. The summed E-state index contributed by atoms with van der Waals surface area (Å²) < 4.78 is 6.16. The fraction of sp³-hybridized carbons (Fsp3) is 0.167. The molecule has 3 heterocycles. The van der Waals surface area contributed by atoms with Crippen LogP contribution in [0.4, 0.5) is 0 Å². The number of benzene rings is 3. The lowest BCUT2D eigenvalue weighted by Crippen LogP contribution is -2.70. The molecule has 42 heavy (non-hydrogen) atoms. The summed E-state index contributed by atoms with van der Waals surface area (Å²) in [5.74, 6) is -0.923. The minimum atomic E-state index is -0.777. The van der Waals surface area contributed by atoms with Gasteiger partial charge in [-0.15, -0.1) is 11.8 Å². The monoisotopic (exact) mass is 617 g/mol. The van der Waals surface area contributed by atoms with Gasteiger partial charge in [0.05, 0.1) is 6.42 Å². The Morgan fingerprint density at radius 2 is 1.79 bits per heavy atom. The smallest absolute Gasteiger partial charge is 0.356 e. The summed E-state index contributed by atoms with van der Waals surface area (Å²) in [5.41, 5.74) is 2.47. The average Bonchev–Trinajstić information content (AvgIpc) is 3.52. The maximum Gasteiger partial charge on any atom is 0.356 e. The van der Waals surface area contributed by atoms with Crippen LogP contribution in [-0.2, 0) is 25.5 Å². The Hall–Kier alpha value is -4.06. The first-order chi connectivity index (χ1) is 20.5. The highest BCUT2D eigenvalue weighted by molar-refractivity contribution is 8.06. The van der Waals surface area contributed by atoms with Crippen molar-refractivity contribution in [2.24, 2.45) is 0 Å². The molecular weight excluding hydrogens is 594 g/mol. The van der Waals surface area contributed by atoms with Gasteiger partial charge in [0.2, 0.25) is 5.91 Å². The van der Waals surface area contributed by atoms with Crippen molar-refractivity contribution < 1.29 is 19.1 Å². The summed E-state index contributed by atoms with van der Waals surface area (Å²) in [6.07, 6.45) is 0.761. The molecule has 9 nitrogen and oxygen atoms in total. The summed E-state index contributed by atoms with van der Waals surface area (Å²) in [6, 6.07) is 25.1. The second kappa shape index (κ2) is 12.4. The minimum absolute atomic E-state index is 0.0783. The van der Waals surface area contributed by atoms with E-state index < -0.39 is 23.5 Å². The van der Waals surface area contributed by atoms with Crippen LogP contribution in [0.1, 0.15) is 22.8 Å². The maximum absolute atomic E-state index is 14.0. The molecule has 4 aromatic rings. The molecular formula is C30H24ClN5O4S2. The van der Waals surface area contributed by atoms with Crippen LogP contribution in [0.25, 0.3) is 0 Å². The van der Waals surface area contributed by atoms with Crippen LogP contribution in [0.3, 0.4) is 0 Å². The number of aromatic nitrogens is 3. The SMILES string of the molecule is O=C(Cc1cccc(Cl)c1)N[C@@H]1C(=O)N2C(C(=O)OC(c3ccccc3)c3ccccc3)=C(Sc3ncn[nH]3)CS[C@@H]12. The van der Waals surface area contributed by atoms with E-state index in [9.17, 15) is 14.4 Å². The van der Waals surface area contributed by atoms with Crippen molar-refractivity contribution in [3.63, 3.8) is 0 Å². The summed E-state index contributed by atoms with van der Waals surface area (Å²) >= 11 is 8.73. The minimum Gasteiger partial charge on any atom is -0.448 e. The zero-order valence-corrected chi connectivity index (χ0v) is 24.4. The fourth-order valence-corrected chi connectivity index (χ4v) is 7.38. The predicted molar refractivity (Wildman–Crippen MR) is 160 cm³/mol. The van der Waals surface area contributed by atoms with E-state index in [1.807, 2.05) is 60.7 Å². The van der Waals surface area contributed by atoms with Gasteiger partial charge in [-0.2, -0.15) is 5.10 Å². The molecule has 0 spiro atoms. The van der Waals surface area contributed by atoms with E-state index in [0.29, 0.717) is 20.8 Å². The van der Waals surface area contributed by atoms with Gasteiger partial charge in [0.25, 0.3) is 5.91 Å². The zero-order chi connectivity index (χ0) is 29.1. The number of hydrogen-bond donors (Lipinski definition) is 2. The topological polar surface area (TPSA) is 117 Å². The van der Waals surface area contributed by atoms with Gasteiger partial charge >= 0.3 is 5.97 Å². The molecule has 0 aliphatic carbocycles. The molecule has 1 fully saturated rings. The fourth-order valence-electron chi connectivity index (χ4n) is 4.82. The third kappa shape index (κ3) is 5.94. The van der Waals surface area contributed by atoms with Gasteiger partial charge in [0.15, 0.2) is 11.3 Å². The standard InChI is InChI=1S/C30H24ClN5O4S2/c31-21-13-7-8-18(14-21)15-23(37)34-24-27(38)36-25(22(16-41-28(24)36)42-30-32-17-33-35-30)29(39)40-26(19-9-3-1-4-10-19)20-11-5-2-6-12-20/h1-14,17,24,26,28H,15-16H2,(H,34,37)(H,32,33,35)/t24-,28+/m1/s1. The van der Waals surface area contributed by atoms with E-state index in [4.69, 9.17) is 16.3 Å². The van der Waals surface area contributed by atoms with Crippen molar-refractivity contribution in [2.75, 3.05) is 5.75 Å². The Labute approximate surface area is 255 Å². The molecule has 212 valence electrons. The molecule has 2 amide bonds. The largest absolute Gasteiger partial charge is 0.448 e. The highest BCUT2D eigenvalue weighted by Crippen LogP contribution is 2.45. The lowest BCUT2D eigenvalue weighted by molar-refractivity contribution is -0.154. The van der Waals surface area contributed by atoms with E-state index in [-0.39, 0.29) is 23.9 Å². The number of carbonyl (C=O) groups excluding carboxylic acids is 3. The van der Waals surface area contributed by atoms with Crippen molar-refractivity contribution in [2.45, 2.75) is 29.1 Å². The van der Waals surface area contributed by atoms with Gasteiger partial charge in [-0.25, -0.2) is 9.78 Å². The van der Waals surface area contributed by atoms with Gasteiger partial charge in [-0.3, -0.25) is 19.6 Å². The Bertz CT molecular complexity index is 1600. The van der Waals surface area contributed by atoms with Crippen molar-refractivity contribution in [1.82, 2.24) is 25.4 Å². The van der Waals surface area contributed by atoms with Crippen LogP contribution in [0, 0.1) is 0 Å². The lowest BCUT2D eigenvalue weighted by atomic mass is 10.0. The first kappa shape index (κ1) is 28.1. The van der Waals surface area contributed by atoms with Crippen molar-refractivity contribution in [3.05, 3.63) is 124 Å². The average molecular weight is 618 g/mol. The number of ether oxygens (including phenoxy) is 1. The van der Waals surface area contributed by atoms with E-state index in [1.165, 1.54) is 34.8 Å². The maximum atomic E-state index is 14.0. The first-order valence-electron chi connectivity index (χ1n) is 13.0. The molecule has 0 bridgehead atoms. The molecule has 0 radical (unpaired) electrons. The predicted octanol–water partition coefficient (Wildman–Crippen LogP) is 4.74. The molecule has 2 aliphatic heterocycles. The number of amides is 2. The number of nitrogens with zero attached hydrogens (tertiary/aromatic N) is 3. The molecule has 3 aromatic carbocycles. The number of β-lactam (4-membered cyclic amide) rings is 1. The Kier molecular flexibility index (Phi) is 8.31. The number of fused-ring (bicyclic) bond motifs is 1. The molecule has 0 unspecified atom stereocenters. The number of esters is 1. The first-order valence-corrected chi connectivity index (χ1v) is 15.3. The van der Waals surface area contributed by atoms with Crippen molar-refractivity contribution in [3.8, 4) is 0 Å². The number of carbonyl (C=O) groups is 3. The normalized spacial score (nSPS) is 18.0. The number of rotatable bonds is 9. The van der Waals surface area contributed by atoms with Gasteiger partial charge in [-0.05, 0) is 28.8 Å². The number of hydrogen-bond acceptors (Lipinski definition) is 8. The van der Waals surface area contributed by atoms with Crippen LogP contribution in [0.5, 0.6) is 0 Å². The summed E-state index contributed by atoms with van der Waals surface area (Å²) in [6.45, 7) is 0. The molecule has 1 saturated heterocycles. The highest BCUT2D eigenvalue weighted by atomic mass is 35.5. The van der Waals surface area contributed by atoms with Crippen molar-refractivity contribution >= 4 is 52.9 Å². The molecule has 0 saturated carbocycles. The van der Waals surface area contributed by atoms with E-state index in [1.54, 1.807) is 24.3 Å². The Morgan fingerprint density at radius 1 is 1.07 bits per heavy atom. The second-order valence-electron chi connectivity index (χ2n) is 9.53. The summed E-state index contributed by atoms with van der Waals surface area (Å²) in [5, 5.41) is 10.1. The zero-order valence-electron chi connectivity index (χ0n) is 22.0. The Balaban J connectivity index is 1.26. The molecule has 6 rings (SSSR count). The lowest BCUT2D eigenvalue weighted by Gasteiger charge is -2.49. The number of aromatic amines is 1. The van der Waals surface area contributed by atoms with Crippen molar-refractivity contribution in [1.29, 1.82) is 0 Å². The summed E-state index contributed by atoms with van der Waals surface area (Å²) in [4.78, 5) is 46.5. The van der Waals surface area contributed by atoms with Gasteiger partial charge < -0.3 is 10.1 Å². The molecule has 2 N–H and O–H groups in total. The Morgan fingerprint density at radius 3 is 2.43 bits per heavy atom. The van der Waals surface area contributed by atoms with Gasteiger partial charge in [0, 0.05) is 15.7 Å². The molecule has 2 aliphatic rings. The van der Waals surface area contributed by atoms with E-state index >= 15 is 0 Å². The number of H-pyrrole nitrogens is 1. The number of nitrogens with one attached hydrogen (secondary N) is 2. The van der Waals surface area contributed by atoms with Crippen LogP contribution < -0.4 is 5.32 Å². The van der Waals surface area contributed by atoms with Crippen LogP contribution in [0.2, 0.25) is 5.02 Å². The van der Waals surface area contributed by atoms with Crippen LogP contribution >= 0.6 is 35.1 Å². The quantitative estimate of drug-likeness (QED) is 0.204. The van der Waals surface area contributed by atoms with Crippen LogP contribution in [-0.4, -0.2) is 55.0 Å². The van der Waals surface area contributed by atoms with Gasteiger partial charge in [0.1, 0.15) is 23.4 Å². The van der Waals surface area contributed by atoms with Crippen LogP contribution in [0.15, 0.2) is 107 Å². The number of halogens is 1. The summed E-state index contributed by atoms with van der Waals surface area (Å²) in [7, 11) is 0. The number of thioether (sulfide) groups is 2. The molecule has 1 aromatic heterocycles. The third-order valence-electron chi connectivity index (χ3n) is 6.74. The third-order valence-corrected chi connectivity index (χ3v) is 9.41. The second-order valence-corrected chi connectivity index (χ2v) is 12.2.